The zero-order valence-corrected chi connectivity index (χ0v) is 19.4. The zero-order valence-electron chi connectivity index (χ0n) is 18.4. The van der Waals surface area contributed by atoms with Gasteiger partial charge in [-0.05, 0) is 70.6 Å². The summed E-state index contributed by atoms with van der Waals surface area (Å²) in [4.78, 5) is 13.9. The van der Waals surface area contributed by atoms with E-state index < -0.39 is 13.9 Å². The van der Waals surface area contributed by atoms with E-state index in [2.05, 4.69) is 39.2 Å². The lowest BCUT2D eigenvalue weighted by Gasteiger charge is -2.36. The third-order valence-corrected chi connectivity index (χ3v) is 10.1. The summed E-state index contributed by atoms with van der Waals surface area (Å²) in [5, 5.41) is 3.79. The van der Waals surface area contributed by atoms with Crippen LogP contribution in [0.25, 0.3) is 0 Å². The molecule has 1 fully saturated rings. The van der Waals surface area contributed by atoms with E-state index in [-0.39, 0.29) is 11.1 Å². The van der Waals surface area contributed by atoms with Crippen molar-refractivity contribution < 1.29 is 14.0 Å². The van der Waals surface area contributed by atoms with E-state index in [4.69, 9.17) is 9.16 Å². The lowest BCUT2D eigenvalue weighted by Crippen LogP contribution is -2.43. The molecule has 0 radical (unpaired) electrons. The molecule has 0 bridgehead atoms. The highest BCUT2D eigenvalue weighted by Crippen LogP contribution is 2.36. The van der Waals surface area contributed by atoms with Gasteiger partial charge in [-0.3, -0.25) is 0 Å². The molecule has 0 aromatic carbocycles. The smallest absolute Gasteiger partial charge is 0.410 e. The van der Waals surface area contributed by atoms with Gasteiger partial charge in [0, 0.05) is 26.2 Å². The number of likely N-dealkylation sites (tertiary alicyclic amines) is 1. The van der Waals surface area contributed by atoms with Gasteiger partial charge in [-0.15, -0.1) is 0 Å². The first-order chi connectivity index (χ1) is 11.8. The van der Waals surface area contributed by atoms with Gasteiger partial charge in [0.25, 0.3) is 0 Å². The van der Waals surface area contributed by atoms with Crippen LogP contribution in [0.2, 0.25) is 18.1 Å². The minimum atomic E-state index is -1.62. The number of carbonyl (C=O) groups is 1. The van der Waals surface area contributed by atoms with Crippen molar-refractivity contribution in [2.45, 2.75) is 84.5 Å². The number of nitrogens with zero attached hydrogens (tertiary/aromatic N) is 1. The fraction of sp³-hybridized carbons (Fsp3) is 0.950. The number of ether oxygens (including phenoxy) is 1. The second-order valence-electron chi connectivity index (χ2n) is 10.1. The van der Waals surface area contributed by atoms with Crippen LogP contribution in [0.1, 0.15) is 60.8 Å². The molecule has 0 unspecified atom stereocenters. The summed E-state index contributed by atoms with van der Waals surface area (Å²) in [5.41, 5.74) is -0.412. The van der Waals surface area contributed by atoms with Gasteiger partial charge in [-0.1, -0.05) is 20.8 Å². The van der Waals surface area contributed by atoms with Gasteiger partial charge >= 0.3 is 6.09 Å². The average molecular weight is 387 g/mol. The Balaban J connectivity index is 2.13. The Hall–Kier alpha value is -0.593. The van der Waals surface area contributed by atoms with E-state index in [9.17, 15) is 4.79 Å². The monoisotopic (exact) mass is 386 g/mol. The molecule has 1 aliphatic rings. The van der Waals surface area contributed by atoms with Crippen molar-refractivity contribution in [2.75, 3.05) is 32.8 Å². The van der Waals surface area contributed by atoms with E-state index in [0.29, 0.717) is 5.92 Å². The van der Waals surface area contributed by atoms with Crippen LogP contribution in [-0.4, -0.2) is 57.7 Å². The molecule has 0 aromatic heterocycles. The molecule has 0 aromatic rings. The first-order valence-corrected chi connectivity index (χ1v) is 13.1. The van der Waals surface area contributed by atoms with E-state index in [1.165, 1.54) is 6.42 Å². The second-order valence-corrected chi connectivity index (χ2v) is 14.9. The third-order valence-electron chi connectivity index (χ3n) is 5.54. The molecule has 1 rings (SSSR count). The summed E-state index contributed by atoms with van der Waals surface area (Å²) in [5.74, 6) is 0.697. The van der Waals surface area contributed by atoms with Crippen LogP contribution in [-0.2, 0) is 9.16 Å². The minimum Gasteiger partial charge on any atom is -0.444 e. The van der Waals surface area contributed by atoms with E-state index >= 15 is 0 Å². The Kier molecular flexibility index (Phi) is 8.62. The molecular weight excluding hydrogens is 344 g/mol. The maximum absolute atomic E-state index is 12.1. The molecule has 154 valence electrons. The standard InChI is InChI=1S/C20H42N2O3Si/c1-19(2,3)25-18(23)22-14-10-17(11-15-22)9-12-21-13-16-24-26(7,8)20(4,5)6/h17,21H,9-16H2,1-8H3. The second kappa shape index (κ2) is 9.56. The summed E-state index contributed by atoms with van der Waals surface area (Å²) < 4.78 is 11.6. The average Bonchev–Trinajstić information content (AvgIpc) is 2.48. The molecule has 1 amide bonds. The van der Waals surface area contributed by atoms with Gasteiger partial charge in [0.15, 0.2) is 8.32 Å². The van der Waals surface area contributed by atoms with Gasteiger partial charge in [-0.25, -0.2) is 4.79 Å². The molecular formula is C20H42N2O3Si. The Morgan fingerprint density at radius 1 is 1.08 bits per heavy atom. The lowest BCUT2D eigenvalue weighted by atomic mass is 9.94. The molecule has 6 heteroatoms. The summed E-state index contributed by atoms with van der Waals surface area (Å²) in [6.07, 6.45) is 3.14. The number of hydrogen-bond acceptors (Lipinski definition) is 4. The van der Waals surface area contributed by atoms with Crippen molar-refractivity contribution >= 4 is 14.4 Å². The fourth-order valence-corrected chi connectivity index (χ4v) is 3.80. The molecule has 0 aliphatic carbocycles. The number of rotatable bonds is 7. The number of nitrogens with one attached hydrogen (secondary N) is 1. The SMILES string of the molecule is CC(C)(C)OC(=O)N1CCC(CCNCCO[Si](C)(C)C(C)(C)C)CC1. The number of hydrogen-bond donors (Lipinski definition) is 1. The number of amides is 1. The predicted octanol–water partition coefficient (Wildman–Crippen LogP) is 4.64. The van der Waals surface area contributed by atoms with Gasteiger partial charge in [0.2, 0.25) is 0 Å². The van der Waals surface area contributed by atoms with Gasteiger partial charge in [0.1, 0.15) is 5.60 Å². The Morgan fingerprint density at radius 2 is 1.65 bits per heavy atom. The maximum atomic E-state index is 12.1. The van der Waals surface area contributed by atoms with Crippen molar-refractivity contribution in [3.8, 4) is 0 Å². The normalized spacial score (nSPS) is 17.5. The van der Waals surface area contributed by atoms with E-state index in [0.717, 1.165) is 45.6 Å². The molecule has 0 atom stereocenters. The summed E-state index contributed by atoms with van der Waals surface area (Å²) in [6, 6.07) is 0. The van der Waals surface area contributed by atoms with Crippen molar-refractivity contribution in [2.24, 2.45) is 5.92 Å². The molecule has 1 saturated heterocycles. The molecule has 0 saturated carbocycles. The van der Waals surface area contributed by atoms with Crippen LogP contribution in [0.4, 0.5) is 4.79 Å². The van der Waals surface area contributed by atoms with Crippen molar-refractivity contribution in [1.82, 2.24) is 10.2 Å². The van der Waals surface area contributed by atoms with Crippen LogP contribution >= 0.6 is 0 Å². The Bertz CT molecular complexity index is 433. The van der Waals surface area contributed by atoms with E-state index in [1.54, 1.807) is 0 Å². The first-order valence-electron chi connectivity index (χ1n) is 10.1. The number of carbonyl (C=O) groups excluding carboxylic acids is 1. The van der Waals surface area contributed by atoms with Crippen LogP contribution in [0.5, 0.6) is 0 Å². The predicted molar refractivity (Wildman–Crippen MR) is 111 cm³/mol. The molecule has 0 spiro atoms. The van der Waals surface area contributed by atoms with Crippen LogP contribution in [0.3, 0.4) is 0 Å². The van der Waals surface area contributed by atoms with Crippen molar-refractivity contribution in [3.63, 3.8) is 0 Å². The molecule has 1 N–H and O–H groups in total. The Morgan fingerprint density at radius 3 is 2.15 bits per heavy atom. The summed E-state index contributed by atoms with van der Waals surface area (Å²) in [6.45, 7) is 21.5. The third kappa shape index (κ3) is 8.40. The zero-order chi connectivity index (χ0) is 20.0. The molecule has 5 nitrogen and oxygen atoms in total. The van der Waals surface area contributed by atoms with Crippen molar-refractivity contribution in [3.05, 3.63) is 0 Å². The Labute approximate surface area is 162 Å². The minimum absolute atomic E-state index is 0.170. The van der Waals surface area contributed by atoms with Crippen LogP contribution < -0.4 is 5.32 Å². The van der Waals surface area contributed by atoms with Gasteiger partial charge in [0.05, 0.1) is 0 Å². The summed E-state index contributed by atoms with van der Waals surface area (Å²) >= 11 is 0. The van der Waals surface area contributed by atoms with Crippen LogP contribution in [0, 0.1) is 5.92 Å². The maximum Gasteiger partial charge on any atom is 0.410 e. The van der Waals surface area contributed by atoms with Gasteiger partial charge in [-0.2, -0.15) is 0 Å². The fourth-order valence-electron chi connectivity index (χ4n) is 2.76. The largest absolute Gasteiger partial charge is 0.444 e. The number of piperidine rings is 1. The molecule has 1 aliphatic heterocycles. The quantitative estimate of drug-likeness (QED) is 0.512. The highest BCUT2D eigenvalue weighted by Gasteiger charge is 2.36. The van der Waals surface area contributed by atoms with E-state index in [1.807, 2.05) is 25.7 Å². The van der Waals surface area contributed by atoms with Gasteiger partial charge < -0.3 is 19.4 Å². The highest BCUT2D eigenvalue weighted by atomic mass is 28.4. The highest BCUT2D eigenvalue weighted by molar-refractivity contribution is 6.74. The molecule has 26 heavy (non-hydrogen) atoms. The lowest BCUT2D eigenvalue weighted by molar-refractivity contribution is 0.0181. The topological polar surface area (TPSA) is 50.8 Å². The van der Waals surface area contributed by atoms with Crippen LogP contribution in [0.15, 0.2) is 0 Å². The first kappa shape index (κ1) is 23.4. The van der Waals surface area contributed by atoms with Crippen molar-refractivity contribution in [1.29, 1.82) is 0 Å². The molecule has 1 heterocycles. The summed E-state index contributed by atoms with van der Waals surface area (Å²) in [7, 11) is -1.62.